The van der Waals surface area contributed by atoms with Crippen molar-refractivity contribution in [1.29, 1.82) is 0 Å². The summed E-state index contributed by atoms with van der Waals surface area (Å²) >= 11 is 0. The minimum absolute atomic E-state index is 0.0863. The molecule has 1 aromatic rings. The molecule has 0 saturated heterocycles. The van der Waals surface area contributed by atoms with Gasteiger partial charge in [0.25, 0.3) is 0 Å². The highest BCUT2D eigenvalue weighted by atomic mass is 16.6. The molecule has 0 fully saturated rings. The highest BCUT2D eigenvalue weighted by Gasteiger charge is 2.07. The number of carbonyl (C=O) groups is 4. The number of Topliss-reactive ketones (excluding diaryl/α,β-unsaturated/α-hetero) is 2. The molecule has 0 aliphatic heterocycles. The number of unbranched alkanes of at least 4 members (excludes halogenated alkanes) is 3. The van der Waals surface area contributed by atoms with Crippen LogP contribution in [0.15, 0.2) is 30.3 Å². The number of esters is 1. The van der Waals surface area contributed by atoms with Crippen LogP contribution in [0.3, 0.4) is 0 Å². The van der Waals surface area contributed by atoms with Crippen LogP contribution in [0.1, 0.15) is 89.5 Å². The van der Waals surface area contributed by atoms with Gasteiger partial charge in [-0.3, -0.25) is 14.4 Å². The molecule has 1 rings (SSSR count). The van der Waals surface area contributed by atoms with Crippen LogP contribution in [0, 0.1) is 0 Å². The molecule has 49 heavy (non-hydrogen) atoms. The van der Waals surface area contributed by atoms with Crippen molar-refractivity contribution in [3.8, 4) is 0 Å². The lowest BCUT2D eigenvalue weighted by atomic mass is 10.1. The number of carbonyl (C=O) groups excluding carboxylic acids is 4. The minimum Gasteiger partial charge on any atom is -0.461 e. The van der Waals surface area contributed by atoms with E-state index >= 15 is 0 Å². The van der Waals surface area contributed by atoms with Crippen molar-refractivity contribution in [3.05, 3.63) is 35.9 Å². The maximum absolute atomic E-state index is 12.1. The number of nitrogens with one attached hydrogen (secondary N) is 1. The monoisotopic (exact) mass is 695 g/mol. The molecule has 1 aromatic carbocycles. The first-order valence-corrected chi connectivity index (χ1v) is 17.9. The van der Waals surface area contributed by atoms with Gasteiger partial charge in [0, 0.05) is 65.1 Å². The molecule has 0 heterocycles. The van der Waals surface area contributed by atoms with Crippen molar-refractivity contribution in [2.24, 2.45) is 0 Å². The molecular formula is C37H61NO11. The smallest absolute Gasteiger partial charge is 0.306 e. The molecule has 0 bridgehead atoms. The predicted octanol–water partition coefficient (Wildman–Crippen LogP) is 4.78. The van der Waals surface area contributed by atoms with E-state index in [1.54, 1.807) is 6.92 Å². The van der Waals surface area contributed by atoms with Crippen LogP contribution in [-0.2, 0) is 58.9 Å². The van der Waals surface area contributed by atoms with E-state index in [9.17, 15) is 19.2 Å². The second-order valence-electron chi connectivity index (χ2n) is 11.6. The molecule has 0 aromatic heterocycles. The molecule has 12 heteroatoms. The maximum Gasteiger partial charge on any atom is 0.306 e. The van der Waals surface area contributed by atoms with Gasteiger partial charge in [-0.2, -0.15) is 0 Å². The highest BCUT2D eigenvalue weighted by molar-refractivity contribution is 5.84. The van der Waals surface area contributed by atoms with E-state index in [1.807, 2.05) is 30.3 Å². The molecule has 0 aliphatic rings. The first-order chi connectivity index (χ1) is 24.0. The topological polar surface area (TPSA) is 145 Å². The fourth-order valence-electron chi connectivity index (χ4n) is 4.34. The van der Waals surface area contributed by atoms with Gasteiger partial charge >= 0.3 is 5.97 Å². The summed E-state index contributed by atoms with van der Waals surface area (Å²) in [7, 11) is 0. The largest absolute Gasteiger partial charge is 0.461 e. The Bertz CT molecular complexity index is 961. The zero-order valence-electron chi connectivity index (χ0n) is 29.8. The average molecular weight is 696 g/mol. The summed E-state index contributed by atoms with van der Waals surface area (Å²) < 4.78 is 38.2. The number of ether oxygens (including phenoxy) is 7. The van der Waals surface area contributed by atoms with Gasteiger partial charge in [-0.15, -0.1) is 0 Å². The Morgan fingerprint density at radius 2 is 0.980 bits per heavy atom. The normalized spacial score (nSPS) is 11.0. The van der Waals surface area contributed by atoms with E-state index in [1.165, 1.54) is 0 Å². The second kappa shape index (κ2) is 33.7. The highest BCUT2D eigenvalue weighted by Crippen LogP contribution is 2.05. The van der Waals surface area contributed by atoms with Crippen molar-refractivity contribution in [2.45, 2.75) is 90.6 Å². The van der Waals surface area contributed by atoms with Crippen LogP contribution < -0.4 is 5.32 Å². The molecule has 0 spiro atoms. The Labute approximate surface area is 293 Å². The first-order valence-electron chi connectivity index (χ1n) is 17.9. The van der Waals surface area contributed by atoms with E-state index in [4.69, 9.17) is 33.2 Å². The molecular weight excluding hydrogens is 634 g/mol. The zero-order chi connectivity index (χ0) is 35.5. The van der Waals surface area contributed by atoms with Crippen LogP contribution in [0.2, 0.25) is 0 Å². The zero-order valence-corrected chi connectivity index (χ0v) is 29.8. The summed E-state index contributed by atoms with van der Waals surface area (Å²) in [5.74, 6) is -0.0179. The van der Waals surface area contributed by atoms with Gasteiger partial charge in [0.15, 0.2) is 0 Å². The van der Waals surface area contributed by atoms with Crippen LogP contribution >= 0.6 is 0 Å². The standard InChI is InChI=1S/C37H61NO11/c1-33(39)12-5-8-20-43-24-28-48-31-27-46-23-11-19-38-36(41)18-17-35(40)15-6-9-21-44-25-29-47-30-26-45-22-10-7-16-37(42)49-32-34-13-3-2-4-14-34/h2-4,13-14H,5-12,15-32H2,1H3,(H,38,41). The Hall–Kier alpha value is -2.74. The number of amides is 1. The number of ketones is 2. The molecule has 1 amide bonds. The predicted molar refractivity (Wildman–Crippen MR) is 185 cm³/mol. The van der Waals surface area contributed by atoms with Gasteiger partial charge in [0.05, 0.1) is 52.9 Å². The van der Waals surface area contributed by atoms with Crippen molar-refractivity contribution in [3.63, 3.8) is 0 Å². The molecule has 12 nitrogen and oxygen atoms in total. The SMILES string of the molecule is CC(=O)CCCCOCCOCCOCCCNC(=O)CCC(=O)CCCCOCCOCCOCCCCC(=O)OCc1ccccc1. The Kier molecular flexibility index (Phi) is 30.5. The summed E-state index contributed by atoms with van der Waals surface area (Å²) in [6, 6.07) is 9.62. The lowest BCUT2D eigenvalue weighted by Crippen LogP contribution is -2.25. The van der Waals surface area contributed by atoms with E-state index in [2.05, 4.69) is 5.32 Å². The molecule has 280 valence electrons. The van der Waals surface area contributed by atoms with Gasteiger partial charge < -0.3 is 43.3 Å². The van der Waals surface area contributed by atoms with E-state index in [-0.39, 0.29) is 36.3 Å². The number of benzene rings is 1. The molecule has 0 unspecified atom stereocenters. The number of hydrogen-bond acceptors (Lipinski definition) is 11. The third-order valence-electron chi connectivity index (χ3n) is 7.13. The van der Waals surface area contributed by atoms with Gasteiger partial charge in [0.2, 0.25) is 5.91 Å². The molecule has 0 atom stereocenters. The fraction of sp³-hybridized carbons (Fsp3) is 0.730. The molecule has 1 N–H and O–H groups in total. The Morgan fingerprint density at radius 3 is 1.51 bits per heavy atom. The summed E-state index contributed by atoms with van der Waals surface area (Å²) in [5.41, 5.74) is 0.981. The Balaban J connectivity index is 1.74. The van der Waals surface area contributed by atoms with Gasteiger partial charge in [-0.1, -0.05) is 30.3 Å². The average Bonchev–Trinajstić information content (AvgIpc) is 3.10. The third kappa shape index (κ3) is 32.2. The van der Waals surface area contributed by atoms with Crippen molar-refractivity contribution >= 4 is 23.4 Å². The van der Waals surface area contributed by atoms with E-state index in [0.717, 1.165) is 44.1 Å². The van der Waals surface area contributed by atoms with E-state index in [0.29, 0.717) is 118 Å². The van der Waals surface area contributed by atoms with Gasteiger partial charge in [-0.25, -0.2) is 0 Å². The Morgan fingerprint density at radius 1 is 0.510 bits per heavy atom. The van der Waals surface area contributed by atoms with Crippen molar-refractivity contribution in [2.75, 3.05) is 85.8 Å². The van der Waals surface area contributed by atoms with E-state index < -0.39 is 0 Å². The number of rotatable bonds is 36. The molecule has 0 aliphatic carbocycles. The summed E-state index contributed by atoms with van der Waals surface area (Å²) in [5, 5.41) is 2.82. The lowest BCUT2D eigenvalue weighted by molar-refractivity contribution is -0.145. The van der Waals surface area contributed by atoms with Crippen LogP contribution in [-0.4, -0.2) is 109 Å². The quantitative estimate of drug-likeness (QED) is 0.0765. The van der Waals surface area contributed by atoms with Crippen molar-refractivity contribution < 1.29 is 52.3 Å². The molecule has 0 radical (unpaired) electrons. The summed E-state index contributed by atoms with van der Waals surface area (Å²) in [4.78, 5) is 46.7. The summed E-state index contributed by atoms with van der Waals surface area (Å²) in [6.45, 7) is 8.66. The first kappa shape index (κ1) is 44.3. The van der Waals surface area contributed by atoms with Gasteiger partial charge in [-0.05, 0) is 57.4 Å². The third-order valence-corrected chi connectivity index (χ3v) is 7.13. The van der Waals surface area contributed by atoms with Crippen molar-refractivity contribution in [1.82, 2.24) is 5.32 Å². The number of hydrogen-bond donors (Lipinski definition) is 1. The lowest BCUT2D eigenvalue weighted by Gasteiger charge is -2.08. The van der Waals surface area contributed by atoms with Crippen LogP contribution in [0.25, 0.3) is 0 Å². The van der Waals surface area contributed by atoms with Gasteiger partial charge in [0.1, 0.15) is 18.2 Å². The second-order valence-corrected chi connectivity index (χ2v) is 11.6. The fourth-order valence-corrected chi connectivity index (χ4v) is 4.34. The van der Waals surface area contributed by atoms with Crippen LogP contribution in [0.4, 0.5) is 0 Å². The summed E-state index contributed by atoms with van der Waals surface area (Å²) in [6.07, 6.45) is 7.35. The minimum atomic E-state index is -0.194. The molecule has 0 saturated carbocycles. The maximum atomic E-state index is 12.1. The van der Waals surface area contributed by atoms with Crippen LogP contribution in [0.5, 0.6) is 0 Å².